The zero-order valence-corrected chi connectivity index (χ0v) is 15.5. The molecular formula is C20H19N5OS. The van der Waals surface area contributed by atoms with Crippen molar-refractivity contribution in [3.63, 3.8) is 0 Å². The minimum absolute atomic E-state index is 0.0564. The molecule has 27 heavy (non-hydrogen) atoms. The second-order valence-corrected chi connectivity index (χ2v) is 7.47. The molecule has 0 unspecified atom stereocenters. The summed E-state index contributed by atoms with van der Waals surface area (Å²) in [6, 6.07) is 10.3. The van der Waals surface area contributed by atoms with Gasteiger partial charge in [0.15, 0.2) is 0 Å². The van der Waals surface area contributed by atoms with E-state index in [0.717, 1.165) is 42.0 Å². The van der Waals surface area contributed by atoms with E-state index in [1.807, 2.05) is 29.0 Å². The van der Waals surface area contributed by atoms with Crippen molar-refractivity contribution in [2.24, 2.45) is 0 Å². The number of thiophene rings is 1. The van der Waals surface area contributed by atoms with Crippen molar-refractivity contribution in [1.82, 2.24) is 24.7 Å². The molecule has 0 bridgehead atoms. The number of aromatic nitrogens is 4. The molecule has 4 aromatic heterocycles. The predicted octanol–water partition coefficient (Wildman–Crippen LogP) is 3.43. The van der Waals surface area contributed by atoms with Gasteiger partial charge in [-0.15, -0.1) is 5.10 Å². The molecule has 1 aliphatic heterocycles. The molecule has 136 valence electrons. The molecule has 0 saturated carbocycles. The fourth-order valence-corrected chi connectivity index (χ4v) is 4.16. The molecule has 6 nitrogen and oxygen atoms in total. The van der Waals surface area contributed by atoms with Gasteiger partial charge in [0.25, 0.3) is 0 Å². The van der Waals surface area contributed by atoms with Crippen LogP contribution < -0.4 is 0 Å². The molecule has 0 radical (unpaired) electrons. The summed E-state index contributed by atoms with van der Waals surface area (Å²) in [6.07, 6.45) is 5.57. The Morgan fingerprint density at radius 1 is 1.19 bits per heavy atom. The van der Waals surface area contributed by atoms with Gasteiger partial charge in [0.1, 0.15) is 11.8 Å². The predicted molar refractivity (Wildman–Crippen MR) is 105 cm³/mol. The van der Waals surface area contributed by atoms with E-state index in [4.69, 9.17) is 4.74 Å². The summed E-state index contributed by atoms with van der Waals surface area (Å²) in [4.78, 5) is 6.61. The maximum absolute atomic E-state index is 6.03. The molecule has 1 fully saturated rings. The summed E-state index contributed by atoms with van der Waals surface area (Å²) in [5, 5.41) is 13.1. The van der Waals surface area contributed by atoms with Gasteiger partial charge in [0.05, 0.1) is 12.1 Å². The number of morpholine rings is 1. The van der Waals surface area contributed by atoms with Gasteiger partial charge in [-0.05, 0) is 34.5 Å². The summed E-state index contributed by atoms with van der Waals surface area (Å²) in [7, 11) is 0. The first-order valence-electron chi connectivity index (χ1n) is 8.97. The van der Waals surface area contributed by atoms with E-state index in [1.165, 1.54) is 5.56 Å². The van der Waals surface area contributed by atoms with E-state index in [-0.39, 0.29) is 6.10 Å². The van der Waals surface area contributed by atoms with Crippen LogP contribution in [-0.2, 0) is 11.3 Å². The molecule has 1 aliphatic rings. The van der Waals surface area contributed by atoms with Gasteiger partial charge >= 0.3 is 0 Å². The van der Waals surface area contributed by atoms with Crippen LogP contribution >= 0.6 is 11.3 Å². The van der Waals surface area contributed by atoms with Crippen LogP contribution in [0.2, 0.25) is 0 Å². The zero-order valence-electron chi connectivity index (χ0n) is 14.7. The largest absolute Gasteiger partial charge is 0.369 e. The Morgan fingerprint density at radius 3 is 3.04 bits per heavy atom. The molecule has 7 heteroatoms. The van der Waals surface area contributed by atoms with E-state index in [9.17, 15) is 0 Å². The first kappa shape index (κ1) is 16.6. The minimum atomic E-state index is -0.0564. The van der Waals surface area contributed by atoms with Crippen LogP contribution in [0.1, 0.15) is 17.4 Å². The van der Waals surface area contributed by atoms with Crippen molar-refractivity contribution in [3.05, 3.63) is 70.9 Å². The monoisotopic (exact) mass is 377 g/mol. The third kappa shape index (κ3) is 3.37. The number of fused-ring (bicyclic) bond motifs is 1. The third-order valence-corrected chi connectivity index (χ3v) is 5.61. The molecule has 0 aliphatic carbocycles. The van der Waals surface area contributed by atoms with Crippen molar-refractivity contribution in [1.29, 1.82) is 0 Å². The summed E-state index contributed by atoms with van der Waals surface area (Å²) < 4.78 is 7.86. The van der Waals surface area contributed by atoms with E-state index < -0.39 is 0 Å². The molecule has 5 heterocycles. The Kier molecular flexibility index (Phi) is 4.41. The van der Waals surface area contributed by atoms with Gasteiger partial charge in [-0.1, -0.05) is 17.3 Å². The van der Waals surface area contributed by atoms with Crippen LogP contribution in [0.15, 0.2) is 59.7 Å². The van der Waals surface area contributed by atoms with Crippen LogP contribution in [0.3, 0.4) is 0 Å². The van der Waals surface area contributed by atoms with Gasteiger partial charge in [-0.3, -0.25) is 9.88 Å². The number of nitrogens with zero attached hydrogens (tertiary/aromatic N) is 5. The highest BCUT2D eigenvalue weighted by Crippen LogP contribution is 2.27. The Hall–Kier alpha value is -2.61. The molecule has 0 amide bonds. The number of ether oxygens (including phenoxy) is 1. The highest BCUT2D eigenvalue weighted by Gasteiger charge is 2.26. The zero-order chi connectivity index (χ0) is 18.1. The third-order valence-electron chi connectivity index (χ3n) is 4.88. The smallest absolute Gasteiger partial charge is 0.121 e. The summed E-state index contributed by atoms with van der Waals surface area (Å²) in [5.41, 5.74) is 5.38. The normalized spacial score (nSPS) is 18.1. The SMILES string of the molecule is c1cncc(-c2ccc3c([C@H]4CN(Cc5ccsc5)CCO4)nnn3c2)c1. The second kappa shape index (κ2) is 7.19. The molecule has 0 N–H and O–H groups in total. The fraction of sp³-hybridized carbons (Fsp3) is 0.250. The maximum Gasteiger partial charge on any atom is 0.121 e. The topological polar surface area (TPSA) is 55.5 Å². The van der Waals surface area contributed by atoms with E-state index in [1.54, 1.807) is 17.5 Å². The lowest BCUT2D eigenvalue weighted by Crippen LogP contribution is -2.37. The van der Waals surface area contributed by atoms with Gasteiger partial charge in [-0.2, -0.15) is 11.3 Å². The summed E-state index contributed by atoms with van der Waals surface area (Å²) >= 11 is 1.74. The number of pyridine rings is 2. The van der Waals surface area contributed by atoms with Crippen molar-refractivity contribution < 1.29 is 4.74 Å². The van der Waals surface area contributed by atoms with Crippen molar-refractivity contribution >= 4 is 16.9 Å². The fourth-order valence-electron chi connectivity index (χ4n) is 3.50. The molecule has 0 aromatic carbocycles. The first-order valence-corrected chi connectivity index (χ1v) is 9.91. The maximum atomic E-state index is 6.03. The van der Waals surface area contributed by atoms with Crippen molar-refractivity contribution in [2.45, 2.75) is 12.6 Å². The van der Waals surface area contributed by atoms with Crippen LogP contribution in [-0.4, -0.2) is 44.4 Å². The summed E-state index contributed by atoms with van der Waals surface area (Å²) in [5.74, 6) is 0. The van der Waals surface area contributed by atoms with Crippen LogP contribution in [0.4, 0.5) is 0 Å². The van der Waals surface area contributed by atoms with E-state index in [2.05, 4.69) is 49.2 Å². The van der Waals surface area contributed by atoms with Crippen molar-refractivity contribution in [3.8, 4) is 11.1 Å². The average molecular weight is 377 g/mol. The molecular weight excluding hydrogens is 358 g/mol. The Morgan fingerprint density at radius 2 is 2.19 bits per heavy atom. The number of hydrogen-bond acceptors (Lipinski definition) is 6. The molecule has 0 spiro atoms. The highest BCUT2D eigenvalue weighted by atomic mass is 32.1. The highest BCUT2D eigenvalue weighted by molar-refractivity contribution is 7.07. The second-order valence-electron chi connectivity index (χ2n) is 6.69. The number of rotatable bonds is 4. The van der Waals surface area contributed by atoms with Gasteiger partial charge in [-0.25, -0.2) is 4.52 Å². The number of hydrogen-bond donors (Lipinski definition) is 0. The minimum Gasteiger partial charge on any atom is -0.369 e. The quantitative estimate of drug-likeness (QED) is 0.545. The first-order chi connectivity index (χ1) is 13.4. The van der Waals surface area contributed by atoms with Gasteiger partial charge in [0, 0.05) is 49.4 Å². The van der Waals surface area contributed by atoms with E-state index >= 15 is 0 Å². The van der Waals surface area contributed by atoms with Crippen molar-refractivity contribution in [2.75, 3.05) is 19.7 Å². The van der Waals surface area contributed by atoms with Crippen LogP contribution in [0, 0.1) is 0 Å². The Labute approximate surface area is 161 Å². The Balaban J connectivity index is 1.39. The summed E-state index contributed by atoms with van der Waals surface area (Å²) in [6.45, 7) is 3.43. The van der Waals surface area contributed by atoms with E-state index in [0.29, 0.717) is 6.61 Å². The lowest BCUT2D eigenvalue weighted by Gasteiger charge is -2.31. The average Bonchev–Trinajstić information content (AvgIpc) is 3.38. The van der Waals surface area contributed by atoms with Gasteiger partial charge < -0.3 is 4.74 Å². The molecule has 5 rings (SSSR count). The lowest BCUT2D eigenvalue weighted by atomic mass is 10.1. The van der Waals surface area contributed by atoms with Crippen LogP contribution in [0.5, 0.6) is 0 Å². The standard InChI is InChI=1S/C20H19N5OS/c1-2-16(10-21-6-1)17-3-4-18-20(22-23-25(18)12-17)19-13-24(7-8-26-19)11-15-5-9-27-14-15/h1-6,9-10,12,14,19H,7-8,11,13H2/t19-/m1/s1. The molecule has 4 aromatic rings. The Bertz CT molecular complexity index is 1030. The molecule has 1 saturated heterocycles. The van der Waals surface area contributed by atoms with Gasteiger partial charge in [0.2, 0.25) is 0 Å². The van der Waals surface area contributed by atoms with Crippen LogP contribution in [0.25, 0.3) is 16.6 Å². The lowest BCUT2D eigenvalue weighted by molar-refractivity contribution is -0.0342. The molecule has 1 atom stereocenters.